The largest absolute Gasteiger partial charge is 0.486 e. The summed E-state index contributed by atoms with van der Waals surface area (Å²) >= 11 is 0. The van der Waals surface area contributed by atoms with Crippen LogP contribution in [0.15, 0.2) is 36.5 Å². The molecule has 210 valence electrons. The Hall–Kier alpha value is -3.86. The number of piperidine rings is 1. The number of anilines is 4. The maximum atomic E-state index is 15.1. The van der Waals surface area contributed by atoms with E-state index in [0.29, 0.717) is 24.0 Å². The van der Waals surface area contributed by atoms with Crippen molar-refractivity contribution in [2.24, 2.45) is 5.92 Å². The molecule has 2 aliphatic heterocycles. The van der Waals surface area contributed by atoms with E-state index in [1.54, 1.807) is 12.1 Å². The van der Waals surface area contributed by atoms with E-state index in [1.165, 1.54) is 17.0 Å². The summed E-state index contributed by atoms with van der Waals surface area (Å²) in [5.74, 6) is -2.01. The molecule has 0 radical (unpaired) electrons. The van der Waals surface area contributed by atoms with Crippen molar-refractivity contribution in [3.05, 3.63) is 54.0 Å². The highest BCUT2D eigenvalue weighted by Crippen LogP contribution is 2.41. The van der Waals surface area contributed by atoms with E-state index >= 15 is 8.78 Å². The molecule has 0 atom stereocenters. The molecule has 8 nitrogen and oxygen atoms in total. The number of carbonyl (C=O) groups excluding carboxylic acids is 1. The minimum absolute atomic E-state index is 0.0237. The molecule has 2 aromatic carbocycles. The van der Waals surface area contributed by atoms with Crippen molar-refractivity contribution in [3.8, 4) is 17.0 Å². The van der Waals surface area contributed by atoms with E-state index in [2.05, 4.69) is 34.3 Å². The Morgan fingerprint density at radius 3 is 2.45 bits per heavy atom. The number of amides is 1. The zero-order valence-electron chi connectivity index (χ0n) is 22.5. The van der Waals surface area contributed by atoms with Crippen LogP contribution in [-0.2, 0) is 4.79 Å². The van der Waals surface area contributed by atoms with E-state index in [-0.39, 0.29) is 52.9 Å². The smallest absolute Gasteiger partial charge is 0.230 e. The second-order valence-electron chi connectivity index (χ2n) is 10.8. The average molecular weight is 553 g/mol. The highest BCUT2D eigenvalue weighted by molar-refractivity contribution is 5.98. The maximum Gasteiger partial charge on any atom is 0.230 e. The summed E-state index contributed by atoms with van der Waals surface area (Å²) < 4.78 is 50.5. The summed E-state index contributed by atoms with van der Waals surface area (Å²) in [5, 5.41) is 2.92. The lowest BCUT2D eigenvalue weighted by Gasteiger charge is -2.36. The van der Waals surface area contributed by atoms with E-state index in [1.807, 2.05) is 4.90 Å². The summed E-state index contributed by atoms with van der Waals surface area (Å²) in [6, 6.07) is 7.93. The minimum atomic E-state index is -0.760. The SMILES string of the molecule is CN(C)C1CCN(c2ccc(Nc3ncc(F)c(-c4cc(F)c5c(c4)N(C(=O)C4CC4)CCO5)n3)cc2F)CC1. The van der Waals surface area contributed by atoms with Crippen LogP contribution >= 0.6 is 0 Å². The molecule has 2 fully saturated rings. The van der Waals surface area contributed by atoms with Crippen LogP contribution in [0.1, 0.15) is 25.7 Å². The van der Waals surface area contributed by atoms with Gasteiger partial charge in [-0.2, -0.15) is 0 Å². The molecule has 1 saturated heterocycles. The second kappa shape index (κ2) is 10.6. The van der Waals surface area contributed by atoms with Gasteiger partial charge in [0.2, 0.25) is 11.9 Å². The van der Waals surface area contributed by atoms with Crippen molar-refractivity contribution in [1.82, 2.24) is 14.9 Å². The zero-order valence-corrected chi connectivity index (χ0v) is 22.5. The Morgan fingerprint density at radius 1 is 0.975 bits per heavy atom. The number of carbonyl (C=O) groups is 1. The Morgan fingerprint density at radius 2 is 1.75 bits per heavy atom. The number of rotatable bonds is 6. The standard InChI is InChI=1S/C29H31F3N6O2/c1-36(2)20-7-9-37(10-8-20)24-6-5-19(15-21(24)30)34-29-33-16-23(32)26(35-29)18-13-22(31)27-25(14-18)38(11-12-40-27)28(39)17-3-4-17/h5-6,13-17,20H,3-4,7-12H2,1-2H3,(H,33,34,35). The molecule has 0 unspecified atom stereocenters. The van der Waals surface area contributed by atoms with Crippen molar-refractivity contribution in [2.75, 3.05) is 55.5 Å². The van der Waals surface area contributed by atoms with Crippen LogP contribution in [-0.4, -0.2) is 67.2 Å². The maximum absolute atomic E-state index is 15.1. The van der Waals surface area contributed by atoms with Crippen molar-refractivity contribution < 1.29 is 22.7 Å². The fourth-order valence-corrected chi connectivity index (χ4v) is 5.42. The molecule has 1 aromatic heterocycles. The van der Waals surface area contributed by atoms with Crippen LogP contribution in [0.25, 0.3) is 11.3 Å². The molecule has 3 aromatic rings. The minimum Gasteiger partial charge on any atom is -0.486 e. The number of nitrogens with one attached hydrogen (secondary N) is 1. The van der Waals surface area contributed by atoms with Crippen LogP contribution in [0.2, 0.25) is 0 Å². The summed E-state index contributed by atoms with van der Waals surface area (Å²) in [5.41, 5.74) is 1.18. The highest BCUT2D eigenvalue weighted by Gasteiger charge is 2.37. The summed E-state index contributed by atoms with van der Waals surface area (Å²) in [6.45, 7) is 2.01. The summed E-state index contributed by atoms with van der Waals surface area (Å²) in [6.07, 6.45) is 4.51. The van der Waals surface area contributed by atoms with Gasteiger partial charge in [0.15, 0.2) is 17.4 Å². The average Bonchev–Trinajstić information content (AvgIpc) is 3.79. The van der Waals surface area contributed by atoms with Gasteiger partial charge >= 0.3 is 0 Å². The van der Waals surface area contributed by atoms with Gasteiger partial charge in [0, 0.05) is 36.3 Å². The van der Waals surface area contributed by atoms with E-state index < -0.39 is 11.6 Å². The molecular weight excluding hydrogens is 521 g/mol. The number of hydrogen-bond donors (Lipinski definition) is 1. The van der Waals surface area contributed by atoms with E-state index in [4.69, 9.17) is 4.74 Å². The molecule has 3 aliphatic rings. The lowest BCUT2D eigenvalue weighted by Crippen LogP contribution is -2.42. The Balaban J connectivity index is 1.23. The third kappa shape index (κ3) is 5.17. The fraction of sp³-hybridized carbons (Fsp3) is 0.414. The predicted molar refractivity (Wildman–Crippen MR) is 147 cm³/mol. The first-order valence-electron chi connectivity index (χ1n) is 13.6. The molecule has 11 heteroatoms. The third-order valence-corrected chi connectivity index (χ3v) is 7.83. The van der Waals surface area contributed by atoms with Gasteiger partial charge in [0.05, 0.1) is 24.1 Å². The summed E-state index contributed by atoms with van der Waals surface area (Å²) in [7, 11) is 4.12. The van der Waals surface area contributed by atoms with Crippen molar-refractivity contribution >= 4 is 28.9 Å². The monoisotopic (exact) mass is 552 g/mol. The molecule has 1 N–H and O–H groups in total. The zero-order chi connectivity index (χ0) is 28.0. The number of hydrogen-bond acceptors (Lipinski definition) is 7. The van der Waals surface area contributed by atoms with Crippen molar-refractivity contribution in [3.63, 3.8) is 0 Å². The normalized spacial score (nSPS) is 17.6. The van der Waals surface area contributed by atoms with Crippen LogP contribution < -0.4 is 19.9 Å². The molecule has 1 aliphatic carbocycles. The molecule has 0 spiro atoms. The first-order chi connectivity index (χ1) is 19.3. The first-order valence-corrected chi connectivity index (χ1v) is 13.6. The topological polar surface area (TPSA) is 73.8 Å². The number of aromatic nitrogens is 2. The molecule has 0 bridgehead atoms. The second-order valence-corrected chi connectivity index (χ2v) is 10.8. The van der Waals surface area contributed by atoms with Crippen LogP contribution in [0.3, 0.4) is 0 Å². The Kier molecular flexibility index (Phi) is 6.99. The fourth-order valence-electron chi connectivity index (χ4n) is 5.42. The van der Waals surface area contributed by atoms with Gasteiger partial charge < -0.3 is 24.8 Å². The first kappa shape index (κ1) is 26.4. The number of ether oxygens (including phenoxy) is 1. The molecule has 1 saturated carbocycles. The lowest BCUT2D eigenvalue weighted by molar-refractivity contribution is -0.120. The van der Waals surface area contributed by atoms with E-state index in [9.17, 15) is 9.18 Å². The lowest BCUT2D eigenvalue weighted by atomic mass is 10.0. The highest BCUT2D eigenvalue weighted by atomic mass is 19.1. The number of fused-ring (bicyclic) bond motifs is 1. The predicted octanol–water partition coefficient (Wildman–Crippen LogP) is 4.97. The number of nitrogens with zero attached hydrogens (tertiary/aromatic N) is 5. The number of halogens is 3. The number of benzene rings is 2. The molecule has 1 amide bonds. The van der Waals surface area contributed by atoms with Crippen molar-refractivity contribution in [2.45, 2.75) is 31.7 Å². The van der Waals surface area contributed by atoms with Gasteiger partial charge in [-0.25, -0.2) is 23.1 Å². The third-order valence-electron chi connectivity index (χ3n) is 7.83. The molecule has 6 rings (SSSR count). The summed E-state index contributed by atoms with van der Waals surface area (Å²) in [4.78, 5) is 26.8. The van der Waals surface area contributed by atoms with Gasteiger partial charge in [-0.05, 0) is 70.1 Å². The van der Waals surface area contributed by atoms with Gasteiger partial charge in [-0.1, -0.05) is 0 Å². The van der Waals surface area contributed by atoms with Gasteiger partial charge in [0.1, 0.15) is 18.1 Å². The van der Waals surface area contributed by atoms with Crippen LogP contribution in [0.4, 0.5) is 36.2 Å². The van der Waals surface area contributed by atoms with Gasteiger partial charge in [0.25, 0.3) is 0 Å². The molecule has 3 heterocycles. The van der Waals surface area contributed by atoms with Gasteiger partial charge in [-0.15, -0.1) is 0 Å². The molecular formula is C29H31F3N6O2. The Labute approximate surface area is 230 Å². The van der Waals surface area contributed by atoms with Crippen LogP contribution in [0.5, 0.6) is 5.75 Å². The van der Waals surface area contributed by atoms with E-state index in [0.717, 1.165) is 51.0 Å². The van der Waals surface area contributed by atoms with Crippen molar-refractivity contribution in [1.29, 1.82) is 0 Å². The quantitative estimate of drug-likeness (QED) is 0.463. The van der Waals surface area contributed by atoms with Gasteiger partial charge in [-0.3, -0.25) is 4.79 Å². The Bertz CT molecular complexity index is 1440. The molecule has 40 heavy (non-hydrogen) atoms. The van der Waals surface area contributed by atoms with Crippen LogP contribution in [0, 0.1) is 23.4 Å².